The van der Waals surface area contributed by atoms with Crippen molar-refractivity contribution < 1.29 is 31.2 Å². The van der Waals surface area contributed by atoms with Gasteiger partial charge in [0.1, 0.15) is 8.55 Å². The third-order valence-electron chi connectivity index (χ3n) is 4.93. The van der Waals surface area contributed by atoms with Gasteiger partial charge in [-0.1, -0.05) is 29.3 Å². The maximum absolute atomic E-state index is 13.0. The Bertz CT molecular complexity index is 1620. The minimum atomic E-state index is -4.23. The Hall–Kier alpha value is -3.01. The zero-order valence-electron chi connectivity index (χ0n) is 17.7. The highest BCUT2D eigenvalue weighted by atomic mass is 35.5. The molecule has 188 valence electrons. The van der Waals surface area contributed by atoms with Crippen molar-refractivity contribution in [2.45, 2.75) is 15.5 Å². The van der Waals surface area contributed by atoms with Gasteiger partial charge in [0, 0.05) is 11.3 Å². The molecule has 0 saturated heterocycles. The van der Waals surface area contributed by atoms with Crippen LogP contribution in [-0.4, -0.2) is 34.7 Å². The Morgan fingerprint density at radius 1 is 1.00 bits per heavy atom. The number of nitrogens with one attached hydrogen (secondary N) is 2. The Kier molecular flexibility index (Phi) is 6.85. The van der Waals surface area contributed by atoms with Crippen LogP contribution in [0.3, 0.4) is 0 Å². The van der Waals surface area contributed by atoms with Crippen LogP contribution in [0.4, 0.5) is 16.2 Å². The molecular formula is C20H14Cl2N4O7S3. The van der Waals surface area contributed by atoms with Crippen molar-refractivity contribution in [1.82, 2.24) is 4.72 Å². The lowest BCUT2D eigenvalue weighted by Crippen LogP contribution is -2.42. The number of hydrogen-bond donors (Lipinski definition) is 3. The number of thiophene rings is 1. The third-order valence-corrected chi connectivity index (χ3v) is 9.51. The minimum absolute atomic E-state index is 0.0155. The van der Waals surface area contributed by atoms with E-state index in [0.29, 0.717) is 16.9 Å². The summed E-state index contributed by atoms with van der Waals surface area (Å²) in [6, 6.07) is 9.13. The fourth-order valence-corrected chi connectivity index (χ4v) is 6.63. The number of sulfonamides is 2. The average Bonchev–Trinajstić information content (AvgIpc) is 3.13. The Morgan fingerprint density at radius 2 is 1.67 bits per heavy atom. The van der Waals surface area contributed by atoms with Gasteiger partial charge < -0.3 is 5.32 Å². The molecule has 0 aliphatic carbocycles. The van der Waals surface area contributed by atoms with E-state index in [1.165, 1.54) is 36.4 Å². The van der Waals surface area contributed by atoms with Crippen molar-refractivity contribution in [3.8, 4) is 0 Å². The first-order valence-electron chi connectivity index (χ1n) is 9.68. The summed E-state index contributed by atoms with van der Waals surface area (Å²) in [5.41, 5.74) is 0.681. The lowest BCUT2D eigenvalue weighted by atomic mass is 9.98. The van der Waals surface area contributed by atoms with Crippen LogP contribution in [0, 0.1) is 0 Å². The van der Waals surface area contributed by atoms with Crippen molar-refractivity contribution in [1.29, 1.82) is 0 Å². The second-order valence-corrected chi connectivity index (χ2v) is 12.9. The summed E-state index contributed by atoms with van der Waals surface area (Å²) in [6.07, 6.45) is -0.150. The van der Waals surface area contributed by atoms with E-state index >= 15 is 0 Å². The Labute approximate surface area is 218 Å². The lowest BCUT2D eigenvalue weighted by Gasteiger charge is -2.27. The molecule has 4 N–H and O–H groups in total. The summed E-state index contributed by atoms with van der Waals surface area (Å²) in [6.45, 7) is 0. The first-order valence-corrected chi connectivity index (χ1v) is 14.3. The van der Waals surface area contributed by atoms with Gasteiger partial charge in [0.15, 0.2) is 0 Å². The molecule has 0 spiro atoms. The molecule has 2 aromatic carbocycles. The standard InChI is InChI=1S/C20H14Cl2N4O7S3/c21-15-9-17(34-18(15)22)36(32,33)25-20(29)24-11-2-4-12(5-3-11)26-16(27)7-10-1-6-13(35(23,30)31)8-14(10)19(26)28/h1-6,8-9H,7H2,(H2,23,30,31)(H2,24,25,29). The predicted octanol–water partition coefficient (Wildman–Crippen LogP) is 2.94. The Morgan fingerprint density at radius 3 is 2.25 bits per heavy atom. The second-order valence-electron chi connectivity index (χ2n) is 7.37. The molecule has 16 heteroatoms. The molecule has 3 aromatic rings. The number of hydrogen-bond acceptors (Lipinski definition) is 8. The largest absolute Gasteiger partial charge is 0.333 e. The van der Waals surface area contributed by atoms with Crippen molar-refractivity contribution in [2.75, 3.05) is 10.2 Å². The summed E-state index contributed by atoms with van der Waals surface area (Å²) in [7, 11) is -8.29. The van der Waals surface area contributed by atoms with Gasteiger partial charge in [-0.2, -0.15) is 0 Å². The van der Waals surface area contributed by atoms with Crippen LogP contribution in [-0.2, 0) is 31.3 Å². The number of carbonyl (C=O) groups excluding carboxylic acids is 3. The van der Waals surface area contributed by atoms with Crippen LogP contribution >= 0.6 is 34.5 Å². The highest BCUT2D eigenvalue weighted by Crippen LogP contribution is 2.34. The number of carbonyl (C=O) groups is 3. The van der Waals surface area contributed by atoms with Gasteiger partial charge in [-0.15, -0.1) is 11.3 Å². The molecule has 1 aliphatic rings. The minimum Gasteiger partial charge on any atom is -0.307 e. The van der Waals surface area contributed by atoms with Crippen LogP contribution in [0.15, 0.2) is 57.6 Å². The molecule has 0 unspecified atom stereocenters. The number of rotatable bonds is 5. The number of urea groups is 1. The van der Waals surface area contributed by atoms with Crippen LogP contribution in [0.1, 0.15) is 15.9 Å². The second kappa shape index (κ2) is 9.46. The zero-order valence-corrected chi connectivity index (χ0v) is 21.7. The molecule has 4 amide bonds. The number of anilines is 2. The first kappa shape index (κ1) is 26.1. The van der Waals surface area contributed by atoms with E-state index in [4.69, 9.17) is 28.3 Å². The number of fused-ring (bicyclic) bond motifs is 1. The molecule has 0 fully saturated rings. The van der Waals surface area contributed by atoms with Gasteiger partial charge in [0.25, 0.3) is 15.9 Å². The summed E-state index contributed by atoms with van der Waals surface area (Å²) in [4.78, 5) is 38.4. The molecular weight excluding hydrogens is 575 g/mol. The third kappa shape index (κ3) is 5.23. The lowest BCUT2D eigenvalue weighted by molar-refractivity contribution is -0.117. The van der Waals surface area contributed by atoms with E-state index in [2.05, 4.69) is 5.32 Å². The highest BCUT2D eigenvalue weighted by molar-refractivity contribution is 7.92. The van der Waals surface area contributed by atoms with Crippen molar-refractivity contribution in [2.24, 2.45) is 5.14 Å². The van der Waals surface area contributed by atoms with Gasteiger partial charge in [0.05, 0.1) is 22.0 Å². The first-order chi connectivity index (χ1) is 16.8. The fraction of sp³-hybridized carbons (Fsp3) is 0.0500. The number of nitrogens with zero attached hydrogens (tertiary/aromatic N) is 1. The predicted molar refractivity (Wildman–Crippen MR) is 133 cm³/mol. The maximum Gasteiger partial charge on any atom is 0.333 e. The summed E-state index contributed by atoms with van der Waals surface area (Å²) >= 11 is 12.2. The van der Waals surface area contributed by atoms with E-state index < -0.39 is 37.9 Å². The van der Waals surface area contributed by atoms with Gasteiger partial charge in [-0.25, -0.2) is 36.4 Å². The summed E-state index contributed by atoms with van der Waals surface area (Å²) < 4.78 is 49.5. The average molecular weight is 589 g/mol. The van der Waals surface area contributed by atoms with Crippen LogP contribution in [0.25, 0.3) is 0 Å². The number of primary sulfonamides is 1. The van der Waals surface area contributed by atoms with Gasteiger partial charge in [-0.05, 0) is 48.0 Å². The molecule has 0 saturated carbocycles. The maximum atomic E-state index is 13.0. The van der Waals surface area contributed by atoms with E-state index in [-0.39, 0.29) is 41.8 Å². The summed E-state index contributed by atoms with van der Waals surface area (Å²) in [5, 5.41) is 7.49. The smallest absolute Gasteiger partial charge is 0.307 e. The number of halogens is 2. The van der Waals surface area contributed by atoms with E-state index in [1.807, 2.05) is 4.72 Å². The van der Waals surface area contributed by atoms with Gasteiger partial charge >= 0.3 is 6.03 Å². The van der Waals surface area contributed by atoms with E-state index in [1.54, 1.807) is 0 Å². The van der Waals surface area contributed by atoms with Crippen LogP contribution in [0.2, 0.25) is 9.36 Å². The van der Waals surface area contributed by atoms with Gasteiger partial charge in [0.2, 0.25) is 15.9 Å². The number of amides is 4. The van der Waals surface area contributed by atoms with Gasteiger partial charge in [-0.3, -0.25) is 9.59 Å². The topological polar surface area (TPSA) is 173 Å². The highest BCUT2D eigenvalue weighted by Gasteiger charge is 2.33. The zero-order chi connectivity index (χ0) is 26.4. The van der Waals surface area contributed by atoms with Crippen LogP contribution in [0.5, 0.6) is 0 Å². The molecule has 0 bridgehead atoms. The fourth-order valence-electron chi connectivity index (χ4n) is 3.30. The molecule has 36 heavy (non-hydrogen) atoms. The molecule has 0 radical (unpaired) electrons. The van der Waals surface area contributed by atoms with Crippen molar-refractivity contribution in [3.05, 3.63) is 69.0 Å². The molecule has 2 heterocycles. The monoisotopic (exact) mass is 588 g/mol. The summed E-state index contributed by atoms with van der Waals surface area (Å²) in [5.74, 6) is -1.29. The Balaban J connectivity index is 1.51. The molecule has 1 aromatic heterocycles. The van der Waals surface area contributed by atoms with Crippen molar-refractivity contribution >= 4 is 83.8 Å². The number of imide groups is 1. The normalized spacial score (nSPS) is 13.9. The molecule has 11 nitrogen and oxygen atoms in total. The van der Waals surface area contributed by atoms with E-state index in [0.717, 1.165) is 17.0 Å². The number of nitrogens with two attached hydrogens (primary N) is 1. The molecule has 1 aliphatic heterocycles. The molecule has 0 atom stereocenters. The van der Waals surface area contributed by atoms with Crippen molar-refractivity contribution in [3.63, 3.8) is 0 Å². The number of benzene rings is 2. The van der Waals surface area contributed by atoms with E-state index in [9.17, 15) is 31.2 Å². The molecule has 4 rings (SSSR count). The SMILES string of the molecule is NS(=O)(=O)c1ccc2c(c1)C(=O)N(c1ccc(NC(=O)NS(=O)(=O)c3cc(Cl)c(Cl)s3)cc1)C(=O)C2. The van der Waals surface area contributed by atoms with Crippen LogP contribution < -0.4 is 20.1 Å². The quantitative estimate of drug-likeness (QED) is 0.384.